The molecule has 1 aliphatic carbocycles. The number of esters is 1. The molecule has 0 saturated heterocycles. The van der Waals surface area contributed by atoms with Crippen LogP contribution in [0, 0.1) is 0 Å². The average Bonchev–Trinajstić information content (AvgIpc) is 3.37. The standard InChI is InChI=1S/C36H43N3O8/c1-36(2,3)47-35(44)39-30(32(41)38-31(21-40)33(42)45-22-24-13-5-4-6-14-24)19-11-12-20-37-34(43)46-23-29-27-17-9-7-15-25(27)26-16-8-10-18-28(26)29/h4-10,13-18,29-31,40H,11-12,19-23H2,1-3H3,(H,37,43)(H,38,41)(H,39,44)/t30-,31-/m0/s1. The fourth-order valence-electron chi connectivity index (χ4n) is 5.31. The quantitative estimate of drug-likeness (QED) is 0.111. The molecular weight excluding hydrogens is 602 g/mol. The number of unbranched alkanes of at least 4 members (excludes halogenated alkanes) is 1. The summed E-state index contributed by atoms with van der Waals surface area (Å²) in [5.74, 6) is -1.55. The molecule has 0 bridgehead atoms. The highest BCUT2D eigenvalue weighted by Crippen LogP contribution is 2.44. The third-order valence-corrected chi connectivity index (χ3v) is 7.55. The number of alkyl carbamates (subject to hydrolysis) is 2. The second kappa shape index (κ2) is 16.6. The molecule has 2 atom stereocenters. The molecule has 4 rings (SSSR count). The Morgan fingerprint density at radius 1 is 0.766 bits per heavy atom. The summed E-state index contributed by atoms with van der Waals surface area (Å²) < 4.78 is 16.1. The van der Waals surface area contributed by atoms with E-state index in [0.29, 0.717) is 12.8 Å². The van der Waals surface area contributed by atoms with Gasteiger partial charge in [-0.25, -0.2) is 14.4 Å². The lowest BCUT2D eigenvalue weighted by atomic mass is 9.98. The lowest BCUT2D eigenvalue weighted by molar-refractivity contribution is -0.150. The average molecular weight is 646 g/mol. The first-order chi connectivity index (χ1) is 22.6. The lowest BCUT2D eigenvalue weighted by Crippen LogP contribution is -2.53. The molecule has 1 aliphatic rings. The van der Waals surface area contributed by atoms with Crippen LogP contribution in [0.5, 0.6) is 0 Å². The summed E-state index contributed by atoms with van der Waals surface area (Å²) in [6.07, 6.45) is -0.268. The van der Waals surface area contributed by atoms with E-state index in [1.54, 1.807) is 45.0 Å². The fourth-order valence-corrected chi connectivity index (χ4v) is 5.31. The van der Waals surface area contributed by atoms with Crippen LogP contribution in [0.4, 0.5) is 9.59 Å². The first-order valence-electron chi connectivity index (χ1n) is 15.8. The molecule has 3 aromatic carbocycles. The lowest BCUT2D eigenvalue weighted by Gasteiger charge is -2.24. The van der Waals surface area contributed by atoms with Crippen LogP contribution in [-0.2, 0) is 30.4 Å². The van der Waals surface area contributed by atoms with Crippen LogP contribution in [0.15, 0.2) is 78.9 Å². The minimum atomic E-state index is -1.33. The fraction of sp³-hybridized carbons (Fsp3) is 0.389. The van der Waals surface area contributed by atoms with E-state index in [1.165, 1.54) is 0 Å². The number of carbonyl (C=O) groups is 4. The van der Waals surface area contributed by atoms with E-state index in [4.69, 9.17) is 14.2 Å². The second-order valence-corrected chi connectivity index (χ2v) is 12.3. The third kappa shape index (κ3) is 10.3. The monoisotopic (exact) mass is 645 g/mol. The van der Waals surface area contributed by atoms with E-state index in [9.17, 15) is 24.3 Å². The van der Waals surface area contributed by atoms with Crippen molar-refractivity contribution >= 4 is 24.1 Å². The van der Waals surface area contributed by atoms with Gasteiger partial charge in [0.15, 0.2) is 6.04 Å². The summed E-state index contributed by atoms with van der Waals surface area (Å²) >= 11 is 0. The highest BCUT2D eigenvalue weighted by molar-refractivity contribution is 5.89. The molecular formula is C36H43N3O8. The van der Waals surface area contributed by atoms with Gasteiger partial charge in [-0.15, -0.1) is 0 Å². The minimum absolute atomic E-state index is 0.0255. The number of benzene rings is 3. The molecule has 0 spiro atoms. The van der Waals surface area contributed by atoms with Crippen molar-refractivity contribution in [2.24, 2.45) is 0 Å². The summed E-state index contributed by atoms with van der Waals surface area (Å²) in [6.45, 7) is 4.85. The molecule has 0 aromatic heterocycles. The molecule has 0 unspecified atom stereocenters. The molecule has 0 heterocycles. The van der Waals surface area contributed by atoms with Crippen molar-refractivity contribution in [1.29, 1.82) is 0 Å². The molecule has 3 aromatic rings. The molecule has 4 N–H and O–H groups in total. The smallest absolute Gasteiger partial charge is 0.408 e. The molecule has 0 fully saturated rings. The summed E-state index contributed by atoms with van der Waals surface area (Å²) in [4.78, 5) is 50.8. The van der Waals surface area contributed by atoms with Gasteiger partial charge < -0.3 is 35.3 Å². The summed E-state index contributed by atoms with van der Waals surface area (Å²) in [5.41, 5.74) is 4.48. The van der Waals surface area contributed by atoms with Crippen molar-refractivity contribution in [2.75, 3.05) is 19.8 Å². The maximum atomic E-state index is 13.2. The van der Waals surface area contributed by atoms with Gasteiger partial charge in [-0.2, -0.15) is 0 Å². The first-order valence-corrected chi connectivity index (χ1v) is 15.8. The first kappa shape index (κ1) is 35.0. The predicted molar refractivity (Wildman–Crippen MR) is 175 cm³/mol. The Morgan fingerprint density at radius 2 is 1.38 bits per heavy atom. The van der Waals surface area contributed by atoms with Gasteiger partial charge in [-0.1, -0.05) is 78.9 Å². The van der Waals surface area contributed by atoms with E-state index >= 15 is 0 Å². The number of ether oxygens (including phenoxy) is 3. The second-order valence-electron chi connectivity index (χ2n) is 12.3. The molecule has 0 saturated carbocycles. The van der Waals surface area contributed by atoms with E-state index in [-0.39, 0.29) is 32.1 Å². The number of rotatable bonds is 14. The molecule has 250 valence electrons. The Morgan fingerprint density at radius 3 is 2.00 bits per heavy atom. The van der Waals surface area contributed by atoms with Crippen molar-refractivity contribution in [3.8, 4) is 11.1 Å². The Balaban J connectivity index is 1.25. The van der Waals surface area contributed by atoms with E-state index in [2.05, 4.69) is 40.2 Å². The topological polar surface area (TPSA) is 152 Å². The van der Waals surface area contributed by atoms with Crippen molar-refractivity contribution < 1.29 is 38.5 Å². The Hall–Kier alpha value is -4.90. The number of amides is 3. The number of aliphatic hydroxyl groups is 1. The maximum absolute atomic E-state index is 13.2. The zero-order chi connectivity index (χ0) is 33.8. The van der Waals surface area contributed by atoms with E-state index < -0.39 is 48.4 Å². The van der Waals surface area contributed by atoms with E-state index in [1.807, 2.05) is 30.3 Å². The number of nitrogens with one attached hydrogen (secondary N) is 3. The van der Waals surface area contributed by atoms with Crippen molar-refractivity contribution in [3.63, 3.8) is 0 Å². The normalized spacial score (nSPS) is 13.4. The Labute approximate surface area is 275 Å². The van der Waals surface area contributed by atoms with Crippen LogP contribution < -0.4 is 16.0 Å². The summed E-state index contributed by atoms with van der Waals surface area (Å²) in [7, 11) is 0. The van der Waals surface area contributed by atoms with Gasteiger partial charge in [0.2, 0.25) is 5.91 Å². The van der Waals surface area contributed by atoms with Crippen molar-refractivity contribution in [2.45, 2.75) is 70.2 Å². The molecule has 11 nitrogen and oxygen atoms in total. The predicted octanol–water partition coefficient (Wildman–Crippen LogP) is 4.81. The van der Waals surface area contributed by atoms with Crippen LogP contribution in [0.3, 0.4) is 0 Å². The molecule has 47 heavy (non-hydrogen) atoms. The van der Waals surface area contributed by atoms with Gasteiger partial charge >= 0.3 is 18.2 Å². The maximum Gasteiger partial charge on any atom is 0.408 e. The van der Waals surface area contributed by atoms with Crippen LogP contribution in [0.2, 0.25) is 0 Å². The largest absolute Gasteiger partial charge is 0.459 e. The van der Waals surface area contributed by atoms with Crippen molar-refractivity contribution in [3.05, 3.63) is 95.6 Å². The Bertz CT molecular complexity index is 1480. The summed E-state index contributed by atoms with van der Waals surface area (Å²) in [5, 5.41) is 17.5. The van der Waals surface area contributed by atoms with Gasteiger partial charge in [0, 0.05) is 12.5 Å². The molecule has 11 heteroatoms. The van der Waals surface area contributed by atoms with E-state index in [0.717, 1.165) is 27.8 Å². The molecule has 0 radical (unpaired) electrons. The van der Waals surface area contributed by atoms with Gasteiger partial charge in [0.05, 0.1) is 6.61 Å². The molecule has 0 aliphatic heterocycles. The van der Waals surface area contributed by atoms with Gasteiger partial charge in [-0.3, -0.25) is 4.79 Å². The van der Waals surface area contributed by atoms with Crippen LogP contribution in [0.1, 0.15) is 62.6 Å². The molecule has 3 amide bonds. The zero-order valence-corrected chi connectivity index (χ0v) is 27.0. The summed E-state index contributed by atoms with van der Waals surface area (Å²) in [6, 6.07) is 22.8. The third-order valence-electron chi connectivity index (χ3n) is 7.55. The van der Waals surface area contributed by atoms with Gasteiger partial charge in [0.1, 0.15) is 24.9 Å². The highest BCUT2D eigenvalue weighted by atomic mass is 16.6. The van der Waals surface area contributed by atoms with Gasteiger partial charge in [0.25, 0.3) is 0 Å². The number of fused-ring (bicyclic) bond motifs is 3. The van der Waals surface area contributed by atoms with Crippen molar-refractivity contribution in [1.82, 2.24) is 16.0 Å². The van der Waals surface area contributed by atoms with Crippen LogP contribution in [-0.4, -0.2) is 66.6 Å². The SMILES string of the molecule is CC(C)(C)OC(=O)N[C@@H](CCCCNC(=O)OCC1c2ccccc2-c2ccccc21)C(=O)N[C@@H](CO)C(=O)OCc1ccccc1. The number of aliphatic hydroxyl groups excluding tert-OH is 1. The van der Waals surface area contributed by atoms with Crippen LogP contribution in [0.25, 0.3) is 11.1 Å². The van der Waals surface area contributed by atoms with Gasteiger partial charge in [-0.05, 0) is 67.9 Å². The zero-order valence-electron chi connectivity index (χ0n) is 27.0. The minimum Gasteiger partial charge on any atom is -0.459 e. The Kier molecular flexibility index (Phi) is 12.3. The number of hydrogen-bond donors (Lipinski definition) is 4. The number of hydrogen-bond acceptors (Lipinski definition) is 8. The number of carbonyl (C=O) groups excluding carboxylic acids is 4. The van der Waals surface area contributed by atoms with Crippen LogP contribution >= 0.6 is 0 Å². The highest BCUT2D eigenvalue weighted by Gasteiger charge is 2.30.